The van der Waals surface area contributed by atoms with Crippen LogP contribution in [0.2, 0.25) is 0 Å². The Bertz CT molecular complexity index is 918. The van der Waals surface area contributed by atoms with E-state index in [1.807, 2.05) is 24.6 Å². The van der Waals surface area contributed by atoms with E-state index < -0.39 is 0 Å². The van der Waals surface area contributed by atoms with E-state index >= 15 is 0 Å². The molecule has 1 atom stereocenters. The number of nitrogens with one attached hydrogen (secondary N) is 2. The minimum Gasteiger partial charge on any atom is -0.356 e. The Morgan fingerprint density at radius 3 is 2.81 bits per heavy atom. The lowest BCUT2D eigenvalue weighted by molar-refractivity contribution is 0.267. The largest absolute Gasteiger partial charge is 0.356 e. The van der Waals surface area contributed by atoms with Crippen molar-refractivity contribution >= 4 is 5.96 Å². The van der Waals surface area contributed by atoms with Gasteiger partial charge in [0.2, 0.25) is 0 Å². The number of nitrogens with zero attached hydrogens (tertiary/aromatic N) is 5. The third-order valence-electron chi connectivity index (χ3n) is 6.86. The lowest BCUT2D eigenvalue weighted by Gasteiger charge is -2.25. The smallest absolute Gasteiger partial charge is 0.191 e. The number of guanidine groups is 1. The normalized spacial score (nSPS) is 20.8. The van der Waals surface area contributed by atoms with Crippen molar-refractivity contribution in [2.24, 2.45) is 12.0 Å². The third kappa shape index (κ3) is 5.06. The van der Waals surface area contributed by atoms with Gasteiger partial charge < -0.3 is 15.2 Å². The van der Waals surface area contributed by atoms with Gasteiger partial charge in [-0.15, -0.1) is 10.2 Å². The summed E-state index contributed by atoms with van der Waals surface area (Å²) in [6.45, 7) is 8.47. The molecule has 7 nitrogen and oxygen atoms in total. The van der Waals surface area contributed by atoms with Crippen molar-refractivity contribution in [2.45, 2.75) is 57.5 Å². The number of aliphatic imine (C=N–C) groups is 1. The van der Waals surface area contributed by atoms with E-state index in [0.29, 0.717) is 12.6 Å². The molecule has 168 valence electrons. The number of aromatic nitrogens is 3. The van der Waals surface area contributed by atoms with Gasteiger partial charge in [0.05, 0.1) is 0 Å². The van der Waals surface area contributed by atoms with Gasteiger partial charge in [0.15, 0.2) is 11.8 Å². The van der Waals surface area contributed by atoms with Gasteiger partial charge >= 0.3 is 0 Å². The molecule has 0 bridgehead atoms. The Kier molecular flexibility index (Phi) is 6.55. The molecule has 0 radical (unpaired) electrons. The van der Waals surface area contributed by atoms with Crippen LogP contribution in [-0.4, -0.2) is 57.8 Å². The molecule has 1 aromatic heterocycles. The molecule has 1 aromatic carbocycles. The predicted octanol–water partition coefficient (Wildman–Crippen LogP) is 2.51. The number of benzene rings is 1. The first kappa shape index (κ1) is 21.7. The fourth-order valence-electron chi connectivity index (χ4n) is 4.46. The van der Waals surface area contributed by atoms with Gasteiger partial charge in [0, 0.05) is 31.6 Å². The summed E-state index contributed by atoms with van der Waals surface area (Å²) in [6.07, 6.45) is 4.59. The number of hydrogen-bond donors (Lipinski definition) is 2. The van der Waals surface area contributed by atoms with Crippen molar-refractivity contribution in [3.63, 3.8) is 0 Å². The molecule has 2 aliphatic rings. The van der Waals surface area contributed by atoms with Gasteiger partial charge in [-0.2, -0.15) is 0 Å². The number of hydrogen-bond acceptors (Lipinski definition) is 4. The van der Waals surface area contributed by atoms with Crippen LogP contribution in [0.25, 0.3) is 0 Å². The SMILES string of the molecule is CCN1CCCC1CNC(=NCc1nnc(C)n1C)NCC1(c2cccc(F)c2)CC1. The number of likely N-dealkylation sites (N-methyl/N-ethyl adjacent to an activating group) is 1. The zero-order valence-electron chi connectivity index (χ0n) is 18.9. The molecule has 4 rings (SSSR count). The highest BCUT2D eigenvalue weighted by molar-refractivity contribution is 5.80. The highest BCUT2D eigenvalue weighted by atomic mass is 19.1. The Morgan fingerprint density at radius 1 is 1.29 bits per heavy atom. The van der Waals surface area contributed by atoms with Crippen LogP contribution in [0.15, 0.2) is 29.3 Å². The van der Waals surface area contributed by atoms with Gasteiger partial charge in [-0.1, -0.05) is 19.1 Å². The van der Waals surface area contributed by atoms with Crippen molar-refractivity contribution in [3.05, 3.63) is 47.3 Å². The molecule has 8 heteroatoms. The Labute approximate surface area is 184 Å². The maximum atomic E-state index is 13.8. The summed E-state index contributed by atoms with van der Waals surface area (Å²) in [7, 11) is 1.96. The standard InChI is InChI=1S/C23H34FN7/c1-4-31-12-6-9-20(31)14-25-22(26-15-21-29-28-17(2)30(21)3)27-16-23(10-11-23)18-7-5-8-19(24)13-18/h5,7-8,13,20H,4,6,9-12,14-16H2,1-3H3,(H2,25,26,27). The Morgan fingerprint density at radius 2 is 2.13 bits per heavy atom. The zero-order chi connectivity index (χ0) is 21.8. The molecular weight excluding hydrogens is 393 g/mol. The first-order valence-corrected chi connectivity index (χ1v) is 11.4. The number of rotatable bonds is 8. The molecule has 1 aliphatic carbocycles. The minimum absolute atomic E-state index is 0.00523. The second-order valence-corrected chi connectivity index (χ2v) is 8.84. The number of halogens is 1. The molecule has 1 saturated heterocycles. The molecule has 1 unspecified atom stereocenters. The van der Waals surface area contributed by atoms with Gasteiger partial charge in [-0.25, -0.2) is 9.38 Å². The molecule has 1 saturated carbocycles. The van der Waals surface area contributed by atoms with Crippen LogP contribution in [0.4, 0.5) is 4.39 Å². The van der Waals surface area contributed by atoms with Gasteiger partial charge in [0.25, 0.3) is 0 Å². The minimum atomic E-state index is -0.172. The predicted molar refractivity (Wildman–Crippen MR) is 120 cm³/mol. The first-order chi connectivity index (χ1) is 15.0. The maximum Gasteiger partial charge on any atom is 0.191 e. The molecule has 2 N–H and O–H groups in total. The molecule has 31 heavy (non-hydrogen) atoms. The lowest BCUT2D eigenvalue weighted by Crippen LogP contribution is -2.46. The second-order valence-electron chi connectivity index (χ2n) is 8.84. The third-order valence-corrected chi connectivity index (χ3v) is 6.86. The fourth-order valence-corrected chi connectivity index (χ4v) is 4.46. The van der Waals surface area contributed by atoms with Crippen LogP contribution < -0.4 is 10.6 Å². The van der Waals surface area contributed by atoms with Gasteiger partial charge in [-0.3, -0.25) is 4.90 Å². The van der Waals surface area contributed by atoms with Crippen LogP contribution >= 0.6 is 0 Å². The Hall–Kier alpha value is -2.48. The average molecular weight is 428 g/mol. The van der Waals surface area contributed by atoms with E-state index in [4.69, 9.17) is 4.99 Å². The summed E-state index contributed by atoms with van der Waals surface area (Å²) in [4.78, 5) is 7.32. The molecule has 2 aromatic rings. The van der Waals surface area contributed by atoms with E-state index in [-0.39, 0.29) is 11.2 Å². The summed E-state index contributed by atoms with van der Waals surface area (Å²) >= 11 is 0. The van der Waals surface area contributed by atoms with E-state index in [1.54, 1.807) is 12.1 Å². The van der Waals surface area contributed by atoms with Crippen LogP contribution in [0, 0.1) is 12.7 Å². The molecule has 0 spiro atoms. The van der Waals surface area contributed by atoms with Gasteiger partial charge in [-0.05, 0) is 63.4 Å². The fraction of sp³-hybridized carbons (Fsp3) is 0.609. The molecule has 0 amide bonds. The monoisotopic (exact) mass is 427 g/mol. The Balaban J connectivity index is 1.44. The first-order valence-electron chi connectivity index (χ1n) is 11.4. The average Bonchev–Trinajstić information content (AvgIpc) is 3.32. The number of aryl methyl sites for hydroxylation is 1. The second kappa shape index (κ2) is 9.34. The topological polar surface area (TPSA) is 70.4 Å². The van der Waals surface area contributed by atoms with Crippen LogP contribution in [0.5, 0.6) is 0 Å². The summed E-state index contributed by atoms with van der Waals surface area (Å²) < 4.78 is 15.7. The zero-order valence-corrected chi connectivity index (χ0v) is 18.9. The van der Waals surface area contributed by atoms with Crippen molar-refractivity contribution < 1.29 is 4.39 Å². The number of likely N-dealkylation sites (tertiary alicyclic amines) is 1. The summed E-state index contributed by atoms with van der Waals surface area (Å²) in [5, 5.41) is 15.4. The van der Waals surface area contributed by atoms with Crippen molar-refractivity contribution in [2.75, 3.05) is 26.2 Å². The van der Waals surface area contributed by atoms with Gasteiger partial charge in [0.1, 0.15) is 18.2 Å². The lowest BCUT2D eigenvalue weighted by atomic mass is 9.96. The van der Waals surface area contributed by atoms with Crippen molar-refractivity contribution in [1.29, 1.82) is 0 Å². The molecule has 2 heterocycles. The summed E-state index contributed by atoms with van der Waals surface area (Å²) in [5.74, 6) is 2.32. The molecule has 2 fully saturated rings. The van der Waals surface area contributed by atoms with E-state index in [1.165, 1.54) is 25.5 Å². The van der Waals surface area contributed by atoms with Crippen molar-refractivity contribution in [1.82, 2.24) is 30.3 Å². The van der Waals surface area contributed by atoms with E-state index in [2.05, 4.69) is 32.7 Å². The van der Waals surface area contributed by atoms with E-state index in [0.717, 1.165) is 55.6 Å². The van der Waals surface area contributed by atoms with E-state index in [9.17, 15) is 4.39 Å². The maximum absolute atomic E-state index is 13.8. The highest BCUT2D eigenvalue weighted by Crippen LogP contribution is 2.47. The van der Waals surface area contributed by atoms with Crippen LogP contribution in [0.3, 0.4) is 0 Å². The van der Waals surface area contributed by atoms with Crippen LogP contribution in [0.1, 0.15) is 49.8 Å². The highest BCUT2D eigenvalue weighted by Gasteiger charge is 2.44. The summed E-state index contributed by atoms with van der Waals surface area (Å²) in [5.41, 5.74) is 1.06. The van der Waals surface area contributed by atoms with Crippen LogP contribution in [-0.2, 0) is 19.0 Å². The quantitative estimate of drug-likeness (QED) is 0.500. The molecular formula is C23H34FN7. The molecule has 1 aliphatic heterocycles. The van der Waals surface area contributed by atoms with Crippen molar-refractivity contribution in [3.8, 4) is 0 Å². The summed E-state index contributed by atoms with van der Waals surface area (Å²) in [6, 6.07) is 7.53.